The number of methoxy groups -OCH3 is 1. The first-order valence-corrected chi connectivity index (χ1v) is 8.09. The van der Waals surface area contributed by atoms with Gasteiger partial charge in [-0.3, -0.25) is 0 Å². The van der Waals surface area contributed by atoms with Crippen LogP contribution < -0.4 is 14.3 Å². The summed E-state index contributed by atoms with van der Waals surface area (Å²) in [4.78, 5) is 7.92. The van der Waals surface area contributed by atoms with Crippen molar-refractivity contribution in [1.82, 2.24) is 4.84 Å². The van der Waals surface area contributed by atoms with E-state index in [4.69, 9.17) is 26.1 Å². The summed E-state index contributed by atoms with van der Waals surface area (Å²) in [7, 11) is 1.66. The molecule has 0 amide bonds. The predicted molar refractivity (Wildman–Crippen MR) is 94.7 cm³/mol. The first-order chi connectivity index (χ1) is 11.8. The Morgan fingerprint density at radius 1 is 1.21 bits per heavy atom. The predicted octanol–water partition coefficient (Wildman–Crippen LogP) is 3.63. The third-order valence-electron chi connectivity index (χ3n) is 3.78. The fourth-order valence-electron chi connectivity index (χ4n) is 2.54. The van der Waals surface area contributed by atoms with Crippen LogP contribution >= 0.6 is 11.8 Å². The Hall–Kier alpha value is -2.24. The van der Waals surface area contributed by atoms with Crippen molar-refractivity contribution in [2.75, 3.05) is 20.3 Å². The lowest BCUT2D eigenvalue weighted by molar-refractivity contribution is 0.0472. The lowest BCUT2D eigenvalue weighted by Crippen LogP contribution is -2.21. The molecule has 0 saturated heterocycles. The minimum atomic E-state index is -0.0889. The number of ether oxygens (including phenoxy) is 2. The molecule has 0 aromatic heterocycles. The highest BCUT2D eigenvalue weighted by molar-refractivity contribution is 6.14. The molecule has 0 saturated carbocycles. The van der Waals surface area contributed by atoms with E-state index in [1.165, 1.54) is 0 Å². The number of hydrogen-bond donors (Lipinski definition) is 1. The van der Waals surface area contributed by atoms with Gasteiger partial charge in [0.05, 0.1) is 19.4 Å². The Kier molecular flexibility index (Phi) is 5.56. The molecule has 5 nitrogen and oxygen atoms in total. The van der Waals surface area contributed by atoms with Crippen molar-refractivity contribution in [2.45, 2.75) is 12.5 Å². The topological polar surface area (TPSA) is 52.1 Å². The third kappa shape index (κ3) is 3.99. The molecule has 1 atom stereocenters. The van der Waals surface area contributed by atoms with Gasteiger partial charge in [0.25, 0.3) is 0 Å². The number of oxime groups is 1. The van der Waals surface area contributed by atoms with Gasteiger partial charge in [0.15, 0.2) is 6.10 Å². The van der Waals surface area contributed by atoms with Crippen molar-refractivity contribution < 1.29 is 14.3 Å². The summed E-state index contributed by atoms with van der Waals surface area (Å²) in [5, 5.41) is 3.99. The minimum Gasteiger partial charge on any atom is -0.497 e. The molecule has 1 unspecified atom stereocenters. The molecule has 1 aliphatic rings. The van der Waals surface area contributed by atoms with Gasteiger partial charge in [0.2, 0.25) is 0 Å². The van der Waals surface area contributed by atoms with Gasteiger partial charge in [-0.15, -0.1) is 0 Å². The van der Waals surface area contributed by atoms with Crippen LogP contribution in [0.2, 0.25) is 0 Å². The second-order valence-corrected chi connectivity index (χ2v) is 5.70. The van der Waals surface area contributed by atoms with E-state index in [-0.39, 0.29) is 6.10 Å². The molecule has 24 heavy (non-hydrogen) atoms. The molecule has 3 rings (SSSR count). The highest BCUT2D eigenvalue weighted by atomic mass is 35.5. The quantitative estimate of drug-likeness (QED) is 0.778. The highest BCUT2D eigenvalue weighted by Crippen LogP contribution is 2.31. The minimum absolute atomic E-state index is 0.0889. The van der Waals surface area contributed by atoms with Gasteiger partial charge in [-0.1, -0.05) is 35.5 Å². The summed E-state index contributed by atoms with van der Waals surface area (Å²) in [6.07, 6.45) is 0.624. The van der Waals surface area contributed by atoms with Crippen LogP contribution in [0.4, 0.5) is 0 Å². The number of para-hydroxylation sites is 1. The maximum atomic E-state index is 5.98. The molecule has 0 aliphatic carbocycles. The van der Waals surface area contributed by atoms with Crippen LogP contribution in [0.15, 0.2) is 53.7 Å². The van der Waals surface area contributed by atoms with Crippen LogP contribution in [0.25, 0.3) is 11.1 Å². The van der Waals surface area contributed by atoms with Crippen LogP contribution in [0.3, 0.4) is 0 Å². The van der Waals surface area contributed by atoms with Crippen molar-refractivity contribution >= 4 is 17.5 Å². The van der Waals surface area contributed by atoms with Gasteiger partial charge >= 0.3 is 0 Å². The van der Waals surface area contributed by atoms with E-state index >= 15 is 0 Å². The van der Waals surface area contributed by atoms with Gasteiger partial charge in [-0.05, 0) is 35.5 Å². The van der Waals surface area contributed by atoms with E-state index < -0.39 is 0 Å². The van der Waals surface area contributed by atoms with Crippen molar-refractivity contribution in [3.63, 3.8) is 0 Å². The van der Waals surface area contributed by atoms with E-state index in [2.05, 4.69) is 9.99 Å². The van der Waals surface area contributed by atoms with Crippen molar-refractivity contribution in [3.05, 3.63) is 48.5 Å². The summed E-state index contributed by atoms with van der Waals surface area (Å²) >= 11 is 5.49. The summed E-state index contributed by atoms with van der Waals surface area (Å²) < 4.78 is 11.2. The molecule has 2 aromatic rings. The fraction of sp³-hybridized carbons (Fsp3) is 0.278. The highest BCUT2D eigenvalue weighted by Gasteiger charge is 2.21. The van der Waals surface area contributed by atoms with Gasteiger partial charge in [0, 0.05) is 12.0 Å². The molecule has 0 radical (unpaired) electrons. The van der Waals surface area contributed by atoms with Crippen LogP contribution in [0.5, 0.6) is 11.5 Å². The first-order valence-electron chi connectivity index (χ1n) is 7.71. The monoisotopic (exact) mass is 346 g/mol. The molecule has 6 heteroatoms. The summed E-state index contributed by atoms with van der Waals surface area (Å²) in [5.74, 6) is 1.64. The van der Waals surface area contributed by atoms with Crippen LogP contribution in [-0.4, -0.2) is 32.1 Å². The second kappa shape index (κ2) is 8.04. The zero-order valence-corrected chi connectivity index (χ0v) is 14.1. The van der Waals surface area contributed by atoms with Crippen molar-refractivity contribution in [2.24, 2.45) is 5.16 Å². The summed E-state index contributed by atoms with van der Waals surface area (Å²) in [6.45, 7) is 0.947. The number of hydrogen-bond acceptors (Lipinski definition) is 5. The lowest BCUT2D eigenvalue weighted by atomic mass is 10.0. The lowest BCUT2D eigenvalue weighted by Gasteiger charge is -2.14. The number of benzene rings is 2. The Morgan fingerprint density at radius 3 is 2.75 bits per heavy atom. The third-order valence-corrected chi connectivity index (χ3v) is 3.91. The van der Waals surface area contributed by atoms with E-state index in [0.717, 1.165) is 28.3 Å². The van der Waals surface area contributed by atoms with E-state index in [1.807, 2.05) is 48.5 Å². The normalized spacial score (nSPS) is 16.4. The number of nitrogens with zero attached hydrogens (tertiary/aromatic N) is 1. The van der Waals surface area contributed by atoms with Gasteiger partial charge in [-0.25, -0.2) is 4.84 Å². The molecular weight excluding hydrogens is 328 g/mol. The maximum Gasteiger partial charge on any atom is 0.166 e. The zero-order valence-electron chi connectivity index (χ0n) is 13.4. The summed E-state index contributed by atoms with van der Waals surface area (Å²) in [6, 6.07) is 15.8. The van der Waals surface area contributed by atoms with Gasteiger partial charge in [-0.2, -0.15) is 0 Å². The first kappa shape index (κ1) is 16.6. The fourth-order valence-corrected chi connectivity index (χ4v) is 2.70. The van der Waals surface area contributed by atoms with E-state index in [0.29, 0.717) is 19.6 Å². The van der Waals surface area contributed by atoms with Crippen molar-refractivity contribution in [1.29, 1.82) is 0 Å². The zero-order chi connectivity index (χ0) is 16.8. The molecule has 0 fully saturated rings. The molecular formula is C18H19ClN2O3. The van der Waals surface area contributed by atoms with Crippen LogP contribution in [-0.2, 0) is 4.84 Å². The SMILES string of the molecule is COc1ccc(-c2ccccc2OCC2CC(CNCl)=NO2)cc1. The van der Waals surface area contributed by atoms with Gasteiger partial charge in [0.1, 0.15) is 18.1 Å². The second-order valence-electron chi connectivity index (χ2n) is 5.44. The Morgan fingerprint density at radius 2 is 2.00 bits per heavy atom. The molecule has 126 valence electrons. The molecule has 1 aliphatic heterocycles. The number of rotatable bonds is 7. The molecule has 0 bridgehead atoms. The Balaban J connectivity index is 1.66. The standard InChI is InChI=1S/C18H19ClN2O3/c1-22-15-8-6-13(7-9-15)17-4-2-3-5-18(17)23-12-16-10-14(11-20-19)21-24-16/h2-9,16,20H,10-12H2,1H3. The maximum absolute atomic E-state index is 5.98. The smallest absolute Gasteiger partial charge is 0.166 e. The van der Waals surface area contributed by atoms with E-state index in [1.54, 1.807) is 7.11 Å². The molecule has 1 N–H and O–H groups in total. The molecule has 2 aromatic carbocycles. The average Bonchev–Trinajstić information content (AvgIpc) is 3.08. The Labute approximate surface area is 146 Å². The van der Waals surface area contributed by atoms with Crippen LogP contribution in [0, 0.1) is 0 Å². The largest absolute Gasteiger partial charge is 0.497 e. The van der Waals surface area contributed by atoms with Crippen molar-refractivity contribution in [3.8, 4) is 22.6 Å². The van der Waals surface area contributed by atoms with Crippen LogP contribution in [0.1, 0.15) is 6.42 Å². The molecule has 1 heterocycles. The summed E-state index contributed by atoms with van der Waals surface area (Å²) in [5.41, 5.74) is 2.99. The average molecular weight is 347 g/mol. The number of nitrogens with one attached hydrogen (secondary N) is 1. The van der Waals surface area contributed by atoms with E-state index in [9.17, 15) is 0 Å². The van der Waals surface area contributed by atoms with Gasteiger partial charge < -0.3 is 14.3 Å². The number of halogens is 1. The Bertz CT molecular complexity index is 704. The molecule has 0 spiro atoms.